The van der Waals surface area contributed by atoms with Gasteiger partial charge in [-0.15, -0.1) is 0 Å². The van der Waals surface area contributed by atoms with Crippen LogP contribution in [0.15, 0.2) is 51.7 Å². The van der Waals surface area contributed by atoms with Crippen molar-refractivity contribution in [1.82, 2.24) is 9.55 Å². The minimum atomic E-state index is 0.0583. The Balaban J connectivity index is 1.41. The van der Waals surface area contributed by atoms with Crippen molar-refractivity contribution in [2.45, 2.75) is 18.9 Å². The molecule has 7 nitrogen and oxygen atoms in total. The van der Waals surface area contributed by atoms with Crippen molar-refractivity contribution in [3.05, 3.63) is 75.7 Å². The second-order valence-corrected chi connectivity index (χ2v) is 8.03. The Morgan fingerprint density at radius 1 is 1.19 bits per heavy atom. The van der Waals surface area contributed by atoms with Gasteiger partial charge in [0.1, 0.15) is 11.8 Å². The molecule has 4 heterocycles. The molecular weight excluding hydrogens is 392 g/mol. The lowest BCUT2D eigenvalue weighted by atomic mass is 9.83. The molecule has 3 aromatic rings. The van der Waals surface area contributed by atoms with Crippen LogP contribution in [0.5, 0.6) is 5.75 Å². The second-order valence-electron chi connectivity index (χ2n) is 8.03. The summed E-state index contributed by atoms with van der Waals surface area (Å²) >= 11 is 0. The highest BCUT2D eigenvalue weighted by Gasteiger charge is 2.36. The number of pyridine rings is 1. The number of piperidine rings is 1. The van der Waals surface area contributed by atoms with E-state index in [9.17, 15) is 10.1 Å². The van der Waals surface area contributed by atoms with Crippen LogP contribution in [0.2, 0.25) is 0 Å². The first kappa shape index (κ1) is 19.2. The third-order valence-electron chi connectivity index (χ3n) is 6.01. The molecule has 7 heteroatoms. The van der Waals surface area contributed by atoms with E-state index >= 15 is 0 Å². The Hall–Kier alpha value is -3.79. The number of nitriles is 1. The monoisotopic (exact) mass is 414 g/mol. The zero-order chi connectivity index (χ0) is 21.4. The molecule has 0 saturated carbocycles. The topological polar surface area (TPSA) is 84.3 Å². The fraction of sp³-hybridized carbons (Fsp3) is 0.292. The van der Waals surface area contributed by atoms with Gasteiger partial charge in [-0.3, -0.25) is 4.79 Å². The van der Waals surface area contributed by atoms with E-state index in [0.29, 0.717) is 30.8 Å². The van der Waals surface area contributed by atoms with Crippen LogP contribution in [0, 0.1) is 17.2 Å². The first-order chi connectivity index (χ1) is 15.1. The molecule has 2 atom stereocenters. The van der Waals surface area contributed by atoms with Gasteiger partial charge in [-0.05, 0) is 42.2 Å². The van der Waals surface area contributed by atoms with E-state index in [4.69, 9.17) is 9.15 Å². The number of ether oxygens (including phenoxy) is 1. The molecule has 0 amide bonds. The lowest BCUT2D eigenvalue weighted by molar-refractivity contribution is 0.275. The van der Waals surface area contributed by atoms with Gasteiger partial charge in [-0.2, -0.15) is 10.2 Å². The van der Waals surface area contributed by atoms with E-state index in [0.717, 1.165) is 30.0 Å². The van der Waals surface area contributed by atoms with Crippen molar-refractivity contribution >= 4 is 18.0 Å². The van der Waals surface area contributed by atoms with Crippen molar-refractivity contribution < 1.29 is 9.15 Å². The Labute approximate surface area is 179 Å². The quantitative estimate of drug-likeness (QED) is 0.650. The van der Waals surface area contributed by atoms with Crippen molar-refractivity contribution in [1.29, 1.82) is 5.26 Å². The molecule has 1 aromatic carbocycles. The summed E-state index contributed by atoms with van der Waals surface area (Å²) in [6.45, 7) is 2.13. The van der Waals surface area contributed by atoms with Crippen LogP contribution >= 0.6 is 0 Å². The number of anilines is 1. The maximum atomic E-state index is 12.2. The van der Waals surface area contributed by atoms with Gasteiger partial charge in [0.25, 0.3) is 5.56 Å². The van der Waals surface area contributed by atoms with Crippen LogP contribution in [0.25, 0.3) is 12.2 Å². The summed E-state index contributed by atoms with van der Waals surface area (Å²) in [6.07, 6.45) is 4.68. The third kappa shape index (κ3) is 3.61. The first-order valence-corrected chi connectivity index (χ1v) is 10.3. The molecule has 5 rings (SSSR count). The maximum Gasteiger partial charge on any atom is 0.250 e. The van der Waals surface area contributed by atoms with Gasteiger partial charge in [-0.25, -0.2) is 0 Å². The fourth-order valence-corrected chi connectivity index (χ4v) is 4.66. The van der Waals surface area contributed by atoms with Crippen LogP contribution in [0.1, 0.15) is 35.2 Å². The molecule has 1 fully saturated rings. The molecule has 0 unspecified atom stereocenters. The van der Waals surface area contributed by atoms with Crippen LogP contribution in [-0.4, -0.2) is 29.8 Å². The summed E-state index contributed by atoms with van der Waals surface area (Å²) < 4.78 is 13.2. The van der Waals surface area contributed by atoms with Crippen molar-refractivity contribution in [2.75, 3.05) is 25.1 Å². The number of fused-ring (bicyclic) bond motifs is 4. The number of methoxy groups -OCH3 is 1. The number of hydrogen-bond acceptors (Lipinski definition) is 6. The van der Waals surface area contributed by atoms with Gasteiger partial charge in [0.2, 0.25) is 17.5 Å². The van der Waals surface area contributed by atoms with E-state index in [1.807, 2.05) is 47.0 Å². The van der Waals surface area contributed by atoms with Gasteiger partial charge < -0.3 is 18.6 Å². The van der Waals surface area contributed by atoms with E-state index < -0.39 is 0 Å². The average Bonchev–Trinajstić information content (AvgIpc) is 3.22. The molecular formula is C24H22N4O3. The summed E-state index contributed by atoms with van der Waals surface area (Å²) in [6, 6.07) is 15.3. The predicted molar refractivity (Wildman–Crippen MR) is 117 cm³/mol. The molecule has 31 heavy (non-hydrogen) atoms. The highest BCUT2D eigenvalue weighted by Crippen LogP contribution is 2.38. The first-order valence-electron chi connectivity index (χ1n) is 10.3. The summed E-state index contributed by atoms with van der Waals surface area (Å²) in [5.41, 5.74) is 2.36. The van der Waals surface area contributed by atoms with Gasteiger partial charge in [0, 0.05) is 43.4 Å². The summed E-state index contributed by atoms with van der Waals surface area (Å²) in [4.78, 5) is 18.7. The normalized spacial score (nSPS) is 19.8. The lowest BCUT2D eigenvalue weighted by Gasteiger charge is -2.42. The summed E-state index contributed by atoms with van der Waals surface area (Å²) in [7, 11) is 1.63. The molecule has 156 valence electrons. The van der Waals surface area contributed by atoms with Gasteiger partial charge >= 0.3 is 0 Å². The molecule has 1 saturated heterocycles. The molecule has 2 bridgehead atoms. The zero-order valence-corrected chi connectivity index (χ0v) is 17.2. The van der Waals surface area contributed by atoms with Crippen LogP contribution in [0.3, 0.4) is 0 Å². The molecule has 0 spiro atoms. The standard InChI is InChI=1S/C24H22N4O3/c1-30-19-5-2-4-16(11-19)8-9-22-26-20(12-25)24(31-22)27-13-17-10-18(15-27)21-6-3-7-23(29)28(21)14-17/h2-9,11,17-18H,10,13-15H2,1H3/b9-8+/t17-,18+/m0/s1. The van der Waals surface area contributed by atoms with Crippen LogP contribution < -0.4 is 15.2 Å². The number of rotatable bonds is 4. The Morgan fingerprint density at radius 3 is 2.90 bits per heavy atom. The molecule has 2 aliphatic rings. The fourth-order valence-electron chi connectivity index (χ4n) is 4.66. The van der Waals surface area contributed by atoms with Crippen molar-refractivity contribution in [3.8, 4) is 11.8 Å². The molecule has 0 radical (unpaired) electrons. The number of aromatic nitrogens is 2. The van der Waals surface area contributed by atoms with Crippen LogP contribution in [0.4, 0.5) is 5.88 Å². The number of hydrogen-bond donors (Lipinski definition) is 0. The molecule has 0 aliphatic carbocycles. The number of nitrogens with zero attached hydrogens (tertiary/aromatic N) is 4. The van der Waals surface area contributed by atoms with Gasteiger partial charge in [-0.1, -0.05) is 18.2 Å². The third-order valence-corrected chi connectivity index (χ3v) is 6.01. The van der Waals surface area contributed by atoms with Crippen molar-refractivity contribution in [2.24, 2.45) is 5.92 Å². The van der Waals surface area contributed by atoms with Gasteiger partial charge in [0.15, 0.2) is 0 Å². The highest BCUT2D eigenvalue weighted by molar-refractivity contribution is 5.68. The molecule has 2 aliphatic heterocycles. The maximum absolute atomic E-state index is 12.2. The largest absolute Gasteiger partial charge is 0.497 e. The molecule has 2 aromatic heterocycles. The average molecular weight is 414 g/mol. The minimum absolute atomic E-state index is 0.0583. The highest BCUT2D eigenvalue weighted by atomic mass is 16.5. The van der Waals surface area contributed by atoms with E-state index in [2.05, 4.69) is 16.0 Å². The summed E-state index contributed by atoms with van der Waals surface area (Å²) in [5, 5.41) is 9.63. The van der Waals surface area contributed by atoms with E-state index in [1.165, 1.54) is 0 Å². The van der Waals surface area contributed by atoms with Crippen molar-refractivity contribution in [3.63, 3.8) is 0 Å². The Kier molecular flexibility index (Phi) is 4.83. The number of oxazole rings is 1. The smallest absolute Gasteiger partial charge is 0.250 e. The number of benzene rings is 1. The SMILES string of the molecule is COc1cccc(/C=C/c2nc(C#N)c(N3C[C@@H]4C[C@H](C3)c3cccc(=O)n3C4)o2)c1. The van der Waals surface area contributed by atoms with E-state index in [1.54, 1.807) is 19.3 Å². The molecule has 0 N–H and O–H groups in total. The second kappa shape index (κ2) is 7.80. The minimum Gasteiger partial charge on any atom is -0.497 e. The Bertz CT molecular complexity index is 1250. The summed E-state index contributed by atoms with van der Waals surface area (Å²) in [5.74, 6) is 2.23. The lowest BCUT2D eigenvalue weighted by Crippen LogP contribution is -2.47. The zero-order valence-electron chi connectivity index (χ0n) is 17.2. The van der Waals surface area contributed by atoms with Crippen LogP contribution in [-0.2, 0) is 6.54 Å². The Morgan fingerprint density at radius 2 is 2.06 bits per heavy atom. The van der Waals surface area contributed by atoms with Gasteiger partial charge in [0.05, 0.1) is 7.11 Å². The van der Waals surface area contributed by atoms with E-state index in [-0.39, 0.29) is 17.2 Å². The predicted octanol–water partition coefficient (Wildman–Crippen LogP) is 3.51.